The average Bonchev–Trinajstić information content (AvgIpc) is 3.15. The summed E-state index contributed by atoms with van der Waals surface area (Å²) in [7, 11) is 1.61. The van der Waals surface area contributed by atoms with E-state index in [0.717, 1.165) is 42.6 Å². The largest absolute Gasteiger partial charge is 0.507 e. The Bertz CT molecular complexity index is 1250. The van der Waals surface area contributed by atoms with Crippen LogP contribution in [0.4, 0.5) is 0 Å². The number of carbonyl (C=O) groups excluding carboxylic acids is 2. The Morgan fingerprint density at radius 1 is 1.09 bits per heavy atom. The number of hydrogen-bond acceptors (Lipinski definition) is 6. The van der Waals surface area contributed by atoms with Gasteiger partial charge in [0.25, 0.3) is 11.7 Å². The lowest BCUT2D eigenvalue weighted by atomic mass is 9.95. The Labute approximate surface area is 205 Å². The van der Waals surface area contributed by atoms with Crippen molar-refractivity contribution in [1.82, 2.24) is 14.8 Å². The standard InChI is InChI=1S/C28H31N3O4/c1-4-30(5-2)14-7-15-31-25(22-8-6-13-29-18-22)24(27(33)28(31)34)26(32)21-10-9-20-17-23(35-3)12-11-19(20)16-21/h6,8-13,16-18,25,32H,4-5,7,14-15H2,1-3H3/b26-24+. The summed E-state index contributed by atoms with van der Waals surface area (Å²) in [6, 6.07) is 14.0. The molecule has 35 heavy (non-hydrogen) atoms. The molecule has 1 saturated heterocycles. The molecule has 1 amide bonds. The van der Waals surface area contributed by atoms with Gasteiger partial charge in [-0.1, -0.05) is 38.1 Å². The molecule has 182 valence electrons. The number of ether oxygens (including phenoxy) is 1. The second-order valence-electron chi connectivity index (χ2n) is 8.59. The van der Waals surface area contributed by atoms with E-state index in [4.69, 9.17) is 4.74 Å². The van der Waals surface area contributed by atoms with E-state index in [0.29, 0.717) is 17.7 Å². The molecule has 1 aliphatic heterocycles. The number of fused-ring (bicyclic) bond motifs is 1. The number of aliphatic hydroxyl groups excluding tert-OH is 1. The van der Waals surface area contributed by atoms with Crippen LogP contribution in [0.1, 0.15) is 37.4 Å². The molecule has 1 fully saturated rings. The number of aromatic nitrogens is 1. The zero-order valence-electron chi connectivity index (χ0n) is 20.4. The molecule has 1 N–H and O–H groups in total. The van der Waals surface area contributed by atoms with Crippen LogP contribution in [-0.4, -0.2) is 64.9 Å². The predicted molar refractivity (Wildman–Crippen MR) is 136 cm³/mol. The second-order valence-corrected chi connectivity index (χ2v) is 8.59. The molecule has 0 saturated carbocycles. The lowest BCUT2D eigenvalue weighted by molar-refractivity contribution is -0.140. The summed E-state index contributed by atoms with van der Waals surface area (Å²) in [6.45, 7) is 7.29. The summed E-state index contributed by atoms with van der Waals surface area (Å²) < 4.78 is 5.29. The monoisotopic (exact) mass is 473 g/mol. The van der Waals surface area contributed by atoms with Crippen molar-refractivity contribution in [3.8, 4) is 5.75 Å². The molecule has 3 aromatic rings. The van der Waals surface area contributed by atoms with E-state index in [9.17, 15) is 14.7 Å². The number of rotatable bonds is 9. The van der Waals surface area contributed by atoms with E-state index in [1.807, 2.05) is 36.4 Å². The third kappa shape index (κ3) is 4.91. The number of aliphatic hydroxyl groups is 1. The first kappa shape index (κ1) is 24.4. The highest BCUT2D eigenvalue weighted by molar-refractivity contribution is 6.46. The molecule has 2 heterocycles. The number of likely N-dealkylation sites (tertiary alicyclic amines) is 1. The van der Waals surface area contributed by atoms with Crippen LogP contribution in [0.15, 0.2) is 66.5 Å². The smallest absolute Gasteiger partial charge is 0.295 e. The molecule has 7 nitrogen and oxygen atoms in total. The highest BCUT2D eigenvalue weighted by Crippen LogP contribution is 2.39. The predicted octanol–water partition coefficient (Wildman–Crippen LogP) is 4.40. The number of benzene rings is 2. The van der Waals surface area contributed by atoms with Gasteiger partial charge in [-0.25, -0.2) is 0 Å². The molecule has 1 aromatic heterocycles. The number of hydrogen-bond donors (Lipinski definition) is 1. The van der Waals surface area contributed by atoms with Crippen molar-refractivity contribution in [3.63, 3.8) is 0 Å². The number of ketones is 1. The van der Waals surface area contributed by atoms with Crippen molar-refractivity contribution >= 4 is 28.2 Å². The van der Waals surface area contributed by atoms with Crippen LogP contribution in [0.25, 0.3) is 16.5 Å². The van der Waals surface area contributed by atoms with E-state index in [1.165, 1.54) is 0 Å². The van der Waals surface area contributed by atoms with Gasteiger partial charge in [0.05, 0.1) is 18.7 Å². The van der Waals surface area contributed by atoms with Crippen LogP contribution >= 0.6 is 0 Å². The summed E-state index contributed by atoms with van der Waals surface area (Å²) in [5.74, 6) is -0.706. The Balaban J connectivity index is 1.74. The fraction of sp³-hybridized carbons (Fsp3) is 0.321. The summed E-state index contributed by atoms with van der Waals surface area (Å²) in [6.07, 6.45) is 4.02. The first-order valence-corrected chi connectivity index (χ1v) is 12.0. The van der Waals surface area contributed by atoms with Gasteiger partial charge < -0.3 is 19.6 Å². The van der Waals surface area contributed by atoms with Crippen LogP contribution in [0.5, 0.6) is 5.75 Å². The van der Waals surface area contributed by atoms with Gasteiger partial charge in [0.15, 0.2) is 0 Å². The molecule has 0 spiro atoms. The Morgan fingerprint density at radius 2 is 1.83 bits per heavy atom. The molecular formula is C28H31N3O4. The SMILES string of the molecule is CCN(CC)CCCN1C(=O)C(=O)/C(=C(/O)c2ccc3cc(OC)ccc3c2)C1c1cccnc1. The molecule has 1 unspecified atom stereocenters. The lowest BCUT2D eigenvalue weighted by Gasteiger charge is -2.26. The quantitative estimate of drug-likeness (QED) is 0.282. The number of carbonyl (C=O) groups is 2. The van der Waals surface area contributed by atoms with Gasteiger partial charge in [0.2, 0.25) is 0 Å². The first-order chi connectivity index (χ1) is 17.0. The maximum absolute atomic E-state index is 13.2. The van der Waals surface area contributed by atoms with Gasteiger partial charge in [-0.2, -0.15) is 0 Å². The van der Waals surface area contributed by atoms with Gasteiger partial charge in [-0.15, -0.1) is 0 Å². The van der Waals surface area contributed by atoms with E-state index in [1.54, 1.807) is 36.5 Å². The topological polar surface area (TPSA) is 83.0 Å². The van der Waals surface area contributed by atoms with Crippen molar-refractivity contribution in [2.24, 2.45) is 0 Å². The molecule has 2 aromatic carbocycles. The third-order valence-electron chi connectivity index (χ3n) is 6.63. The molecule has 0 radical (unpaired) electrons. The summed E-state index contributed by atoms with van der Waals surface area (Å²) in [5.41, 5.74) is 1.28. The molecule has 4 rings (SSSR count). The highest BCUT2D eigenvalue weighted by Gasteiger charge is 2.45. The number of methoxy groups -OCH3 is 1. The minimum Gasteiger partial charge on any atom is -0.507 e. The van der Waals surface area contributed by atoms with E-state index in [-0.39, 0.29) is 11.3 Å². The first-order valence-electron chi connectivity index (χ1n) is 12.0. The van der Waals surface area contributed by atoms with Gasteiger partial charge in [-0.3, -0.25) is 14.6 Å². The van der Waals surface area contributed by atoms with Gasteiger partial charge in [0.1, 0.15) is 11.5 Å². The van der Waals surface area contributed by atoms with Crippen molar-refractivity contribution in [3.05, 3.63) is 77.6 Å². The second kappa shape index (κ2) is 10.7. The van der Waals surface area contributed by atoms with Crippen LogP contribution in [-0.2, 0) is 9.59 Å². The Morgan fingerprint density at radius 3 is 2.51 bits per heavy atom. The zero-order valence-corrected chi connectivity index (χ0v) is 20.4. The maximum Gasteiger partial charge on any atom is 0.295 e. The number of pyridine rings is 1. The molecule has 7 heteroatoms. The summed E-state index contributed by atoms with van der Waals surface area (Å²) >= 11 is 0. The summed E-state index contributed by atoms with van der Waals surface area (Å²) in [4.78, 5) is 34.4. The Hall–Kier alpha value is -3.71. The molecule has 1 atom stereocenters. The zero-order chi connectivity index (χ0) is 24.9. The van der Waals surface area contributed by atoms with Crippen molar-refractivity contribution in [1.29, 1.82) is 0 Å². The van der Waals surface area contributed by atoms with E-state index in [2.05, 4.69) is 23.7 Å². The number of Topliss-reactive ketones (excluding diaryl/α,β-unsaturated/α-hetero) is 1. The van der Waals surface area contributed by atoms with Gasteiger partial charge in [-0.05, 0) is 66.7 Å². The van der Waals surface area contributed by atoms with Crippen LogP contribution < -0.4 is 4.74 Å². The van der Waals surface area contributed by atoms with Gasteiger partial charge in [0, 0.05) is 24.5 Å². The fourth-order valence-electron chi connectivity index (χ4n) is 4.65. The molecule has 0 aliphatic carbocycles. The van der Waals surface area contributed by atoms with Crippen molar-refractivity contribution in [2.75, 3.05) is 33.3 Å². The minimum absolute atomic E-state index is 0.0960. The molecule has 1 aliphatic rings. The normalized spacial score (nSPS) is 17.5. The minimum atomic E-state index is -0.688. The molecular weight excluding hydrogens is 442 g/mol. The number of nitrogens with zero attached hydrogens (tertiary/aromatic N) is 3. The highest BCUT2D eigenvalue weighted by atomic mass is 16.5. The van der Waals surface area contributed by atoms with Crippen LogP contribution in [0, 0.1) is 0 Å². The average molecular weight is 474 g/mol. The maximum atomic E-state index is 13.2. The van der Waals surface area contributed by atoms with Crippen LogP contribution in [0.3, 0.4) is 0 Å². The lowest BCUT2D eigenvalue weighted by Crippen LogP contribution is -2.33. The van der Waals surface area contributed by atoms with E-state index >= 15 is 0 Å². The van der Waals surface area contributed by atoms with Crippen molar-refractivity contribution < 1.29 is 19.4 Å². The summed E-state index contributed by atoms with van der Waals surface area (Å²) in [5, 5.41) is 13.2. The van der Waals surface area contributed by atoms with Gasteiger partial charge >= 0.3 is 0 Å². The van der Waals surface area contributed by atoms with Crippen LogP contribution in [0.2, 0.25) is 0 Å². The Kier molecular flexibility index (Phi) is 7.46. The third-order valence-corrected chi connectivity index (χ3v) is 6.63. The molecule has 0 bridgehead atoms. The van der Waals surface area contributed by atoms with E-state index < -0.39 is 17.7 Å². The van der Waals surface area contributed by atoms with Crippen molar-refractivity contribution in [2.45, 2.75) is 26.3 Å². The fourth-order valence-corrected chi connectivity index (χ4v) is 4.65. The number of amides is 1.